The molecule has 1 atom stereocenters. The van der Waals surface area contributed by atoms with Crippen molar-refractivity contribution in [2.45, 2.75) is 48.3 Å². The number of nitrogen functional groups attached to an aromatic ring is 1. The van der Waals surface area contributed by atoms with Crippen molar-refractivity contribution in [3.63, 3.8) is 0 Å². The van der Waals surface area contributed by atoms with E-state index in [1.54, 1.807) is 16.4 Å². The second-order valence-corrected chi connectivity index (χ2v) is 11.4. The highest BCUT2D eigenvalue weighted by Crippen LogP contribution is 2.40. The van der Waals surface area contributed by atoms with E-state index in [-0.39, 0.29) is 11.9 Å². The normalized spacial score (nSPS) is 18.5. The first kappa shape index (κ1) is 23.7. The number of anilines is 1. The summed E-state index contributed by atoms with van der Waals surface area (Å²) in [5.74, 6) is 1.37. The first-order valence-electron chi connectivity index (χ1n) is 11.3. The minimum absolute atomic E-state index is 0.0998. The van der Waals surface area contributed by atoms with Gasteiger partial charge in [0.25, 0.3) is 0 Å². The van der Waals surface area contributed by atoms with Gasteiger partial charge in [-0.15, -0.1) is 0 Å². The molecule has 0 bridgehead atoms. The summed E-state index contributed by atoms with van der Waals surface area (Å²) in [6.07, 6.45) is 5.91. The molecule has 0 amide bonds. The average molecular weight is 516 g/mol. The van der Waals surface area contributed by atoms with Gasteiger partial charge in [0.05, 0.1) is 11.8 Å². The molecule has 1 fully saturated rings. The first-order chi connectivity index (χ1) is 16.8. The van der Waals surface area contributed by atoms with Gasteiger partial charge >= 0.3 is 0 Å². The number of fused-ring (bicyclic) bond motifs is 2. The van der Waals surface area contributed by atoms with E-state index in [0.29, 0.717) is 71.0 Å². The van der Waals surface area contributed by atoms with Gasteiger partial charge in [-0.3, -0.25) is 0 Å². The lowest BCUT2D eigenvalue weighted by molar-refractivity contribution is 0.171. The summed E-state index contributed by atoms with van der Waals surface area (Å²) < 4.78 is 39.5. The predicted octanol–water partition coefficient (Wildman–Crippen LogP) is 2.41. The summed E-state index contributed by atoms with van der Waals surface area (Å²) in [6.45, 7) is 1.89. The van der Waals surface area contributed by atoms with Crippen molar-refractivity contribution in [2.24, 2.45) is 0 Å². The number of hydrogen-bond donors (Lipinski definition) is 1. The standard InChI is InChI=1S/C22H25N7O4S2/c1-35(30,31)29-6-3-2-4-15(29)5-7-28-21-19(20(24)25-13-26-21)27-22(28)34-18-11-17-16(10-14(18)12-23)32-8-9-33-17/h10-11,13,15H,2-9H2,1H3,(H2,24,25,26). The van der Waals surface area contributed by atoms with E-state index in [4.69, 9.17) is 15.2 Å². The van der Waals surface area contributed by atoms with Crippen LogP contribution in [0.2, 0.25) is 0 Å². The van der Waals surface area contributed by atoms with Crippen LogP contribution in [0, 0.1) is 11.3 Å². The third kappa shape index (κ3) is 4.73. The lowest BCUT2D eigenvalue weighted by Crippen LogP contribution is -2.43. The van der Waals surface area contributed by atoms with Gasteiger partial charge in [-0.1, -0.05) is 18.2 Å². The van der Waals surface area contributed by atoms with Crippen molar-refractivity contribution in [1.82, 2.24) is 23.8 Å². The summed E-state index contributed by atoms with van der Waals surface area (Å²) in [7, 11) is -3.30. The second kappa shape index (κ2) is 9.52. The Kier molecular flexibility index (Phi) is 6.43. The SMILES string of the molecule is CS(=O)(=O)N1CCCCC1CCn1c(Sc2cc3c(cc2C#N)OCCO3)nc2c(N)ncnc21. The topological polar surface area (TPSA) is 149 Å². The van der Waals surface area contributed by atoms with Gasteiger partial charge in [-0.25, -0.2) is 23.4 Å². The highest BCUT2D eigenvalue weighted by molar-refractivity contribution is 7.99. The third-order valence-electron chi connectivity index (χ3n) is 6.18. The van der Waals surface area contributed by atoms with E-state index in [0.717, 1.165) is 19.3 Å². The number of aryl methyl sites for hydroxylation is 1. The smallest absolute Gasteiger partial charge is 0.211 e. The Morgan fingerprint density at radius 3 is 2.74 bits per heavy atom. The van der Waals surface area contributed by atoms with E-state index >= 15 is 0 Å². The summed E-state index contributed by atoms with van der Waals surface area (Å²) in [4.78, 5) is 13.8. The lowest BCUT2D eigenvalue weighted by Gasteiger charge is -2.33. The number of hydrogen-bond acceptors (Lipinski definition) is 10. The molecule has 2 aliphatic heterocycles. The van der Waals surface area contributed by atoms with Crippen molar-refractivity contribution in [3.05, 3.63) is 24.0 Å². The van der Waals surface area contributed by atoms with Crippen LogP contribution in [0.3, 0.4) is 0 Å². The molecule has 2 N–H and O–H groups in total. The number of ether oxygens (including phenoxy) is 2. The van der Waals surface area contributed by atoms with E-state index in [2.05, 4.69) is 21.0 Å². The number of benzene rings is 1. The highest BCUT2D eigenvalue weighted by atomic mass is 32.2. The number of imidazole rings is 1. The minimum Gasteiger partial charge on any atom is -0.486 e. The molecular formula is C22H25N7O4S2. The van der Waals surface area contributed by atoms with Crippen LogP contribution in [0.4, 0.5) is 5.82 Å². The van der Waals surface area contributed by atoms with E-state index < -0.39 is 10.0 Å². The fraction of sp³-hybridized carbons (Fsp3) is 0.455. The monoisotopic (exact) mass is 515 g/mol. The Balaban J connectivity index is 1.50. The molecule has 4 heterocycles. The molecule has 3 aromatic rings. The molecule has 5 rings (SSSR count). The summed E-state index contributed by atoms with van der Waals surface area (Å²) in [5, 5.41) is 10.3. The molecular weight excluding hydrogens is 490 g/mol. The average Bonchev–Trinajstić information content (AvgIpc) is 3.20. The molecule has 11 nitrogen and oxygen atoms in total. The Bertz CT molecular complexity index is 1420. The molecule has 2 aromatic heterocycles. The van der Waals surface area contributed by atoms with Crippen LogP contribution in [0.5, 0.6) is 11.5 Å². The molecule has 0 spiro atoms. The maximum absolute atomic E-state index is 12.3. The number of nitrogens with zero attached hydrogens (tertiary/aromatic N) is 6. The largest absolute Gasteiger partial charge is 0.486 e. The van der Waals surface area contributed by atoms with Crippen LogP contribution in [0.25, 0.3) is 11.2 Å². The fourth-order valence-corrected chi connectivity index (χ4v) is 6.75. The van der Waals surface area contributed by atoms with E-state index in [1.165, 1.54) is 24.3 Å². The zero-order valence-electron chi connectivity index (χ0n) is 19.2. The molecule has 13 heteroatoms. The third-order valence-corrected chi connectivity index (χ3v) is 8.56. The summed E-state index contributed by atoms with van der Waals surface area (Å²) in [5.41, 5.74) is 7.56. The number of nitrogens with two attached hydrogens (primary N) is 1. The van der Waals surface area contributed by atoms with Crippen LogP contribution < -0.4 is 15.2 Å². The van der Waals surface area contributed by atoms with Crippen molar-refractivity contribution in [3.8, 4) is 17.6 Å². The molecule has 1 saturated heterocycles. The fourth-order valence-electron chi connectivity index (χ4n) is 4.53. The van der Waals surface area contributed by atoms with Crippen LogP contribution in [0.1, 0.15) is 31.2 Å². The first-order valence-corrected chi connectivity index (χ1v) is 14.0. The molecule has 184 valence electrons. The van der Waals surface area contributed by atoms with Crippen molar-refractivity contribution in [2.75, 3.05) is 31.7 Å². The maximum atomic E-state index is 12.3. The molecule has 2 aliphatic rings. The lowest BCUT2D eigenvalue weighted by atomic mass is 10.0. The molecule has 1 unspecified atom stereocenters. The van der Waals surface area contributed by atoms with E-state index in [1.807, 2.05) is 4.57 Å². The number of rotatable bonds is 6. The van der Waals surface area contributed by atoms with Crippen LogP contribution in [0.15, 0.2) is 28.5 Å². The highest BCUT2D eigenvalue weighted by Gasteiger charge is 2.30. The van der Waals surface area contributed by atoms with Gasteiger partial charge in [-0.05, 0) is 25.3 Å². The minimum atomic E-state index is -3.30. The number of piperidine rings is 1. The molecule has 1 aromatic carbocycles. The zero-order valence-corrected chi connectivity index (χ0v) is 20.8. The van der Waals surface area contributed by atoms with Gasteiger partial charge < -0.3 is 19.8 Å². The van der Waals surface area contributed by atoms with Crippen molar-refractivity contribution < 1.29 is 17.9 Å². The quantitative estimate of drug-likeness (QED) is 0.518. The van der Waals surface area contributed by atoms with Crippen LogP contribution in [-0.4, -0.2) is 64.3 Å². The van der Waals surface area contributed by atoms with Gasteiger partial charge in [0.1, 0.15) is 25.6 Å². The van der Waals surface area contributed by atoms with Gasteiger partial charge in [-0.2, -0.15) is 9.57 Å². The molecule has 0 saturated carbocycles. The number of sulfonamides is 1. The summed E-state index contributed by atoms with van der Waals surface area (Å²) >= 11 is 1.30. The number of aromatic nitrogens is 4. The van der Waals surface area contributed by atoms with Crippen molar-refractivity contribution >= 4 is 38.8 Å². The van der Waals surface area contributed by atoms with Gasteiger partial charge in [0, 0.05) is 30.1 Å². The zero-order chi connectivity index (χ0) is 24.6. The van der Waals surface area contributed by atoms with Crippen molar-refractivity contribution in [1.29, 1.82) is 5.26 Å². The number of nitriles is 1. The Labute approximate surface area is 207 Å². The second-order valence-electron chi connectivity index (χ2n) is 8.50. The predicted molar refractivity (Wildman–Crippen MR) is 130 cm³/mol. The van der Waals surface area contributed by atoms with Crippen LogP contribution >= 0.6 is 11.8 Å². The van der Waals surface area contributed by atoms with Crippen LogP contribution in [-0.2, 0) is 16.6 Å². The molecule has 0 aliphatic carbocycles. The maximum Gasteiger partial charge on any atom is 0.211 e. The Morgan fingerprint density at radius 2 is 2.00 bits per heavy atom. The Hall–Kier alpha value is -3.08. The summed E-state index contributed by atoms with van der Waals surface area (Å²) in [6, 6.07) is 5.57. The van der Waals surface area contributed by atoms with Gasteiger partial charge in [0.2, 0.25) is 10.0 Å². The molecule has 0 radical (unpaired) electrons. The molecule has 35 heavy (non-hydrogen) atoms. The Morgan fingerprint density at radius 1 is 1.23 bits per heavy atom. The van der Waals surface area contributed by atoms with E-state index in [9.17, 15) is 13.7 Å². The van der Waals surface area contributed by atoms with Gasteiger partial charge in [0.15, 0.2) is 33.6 Å².